The summed E-state index contributed by atoms with van der Waals surface area (Å²) in [6.45, 7) is 0. The third kappa shape index (κ3) is 4.59. The molecule has 0 radical (unpaired) electrons. The minimum Gasteiger partial charge on any atom is -0.545 e. The van der Waals surface area contributed by atoms with Crippen molar-refractivity contribution in [3.8, 4) is 11.1 Å². The number of carbonyl (C=O) groups is 1. The van der Waals surface area contributed by atoms with Crippen LogP contribution in [0, 0.1) is 5.82 Å². The molecule has 2 heterocycles. The second-order valence-corrected chi connectivity index (χ2v) is 6.67. The number of rotatable bonds is 5. The maximum Gasteiger partial charge on any atom is 1.00 e. The average Bonchev–Trinajstić information content (AvgIpc) is 2.65. The molecule has 0 saturated heterocycles. The molecule has 2 N–H and O–H groups in total. The van der Waals surface area contributed by atoms with Crippen molar-refractivity contribution in [2.24, 2.45) is 0 Å². The Balaban J connectivity index is 0.00000280. The fourth-order valence-corrected chi connectivity index (χ4v) is 3.18. The van der Waals surface area contributed by atoms with Gasteiger partial charge in [0, 0.05) is 28.5 Å². The summed E-state index contributed by atoms with van der Waals surface area (Å²) in [5.74, 6) is -2.01. The van der Waals surface area contributed by atoms with Crippen molar-refractivity contribution in [3.05, 3.63) is 69.5 Å². The quantitative estimate of drug-likeness (QED) is 0.455. The van der Waals surface area contributed by atoms with Gasteiger partial charge in [-0.3, -0.25) is 9.78 Å². The minimum atomic E-state index is -1.40. The number of carbonyl (C=O) groups excluding carboxylic acids is 1. The zero-order valence-electron chi connectivity index (χ0n) is 14.9. The minimum absolute atomic E-state index is 0. The molecule has 0 atom stereocenters. The molecule has 3 rings (SSSR count). The van der Waals surface area contributed by atoms with Crippen LogP contribution in [-0.4, -0.2) is 22.2 Å². The van der Waals surface area contributed by atoms with E-state index in [1.165, 1.54) is 48.3 Å². The first-order chi connectivity index (χ1) is 12.9. The first-order valence-corrected chi connectivity index (χ1v) is 9.20. The SMILES string of the molecule is CSc1[nH]c(=O)c(-c2cc(Cl)ccc2F)cc1Nc1ccncc1C(=O)[O-].[Li+]. The van der Waals surface area contributed by atoms with Crippen molar-refractivity contribution < 1.29 is 33.2 Å². The molecular weight excluding hydrogens is 400 g/mol. The number of nitrogens with zero attached hydrogens (tertiary/aromatic N) is 1. The van der Waals surface area contributed by atoms with Gasteiger partial charge in [0.05, 0.1) is 27.9 Å². The Hall–Kier alpha value is -2.24. The summed E-state index contributed by atoms with van der Waals surface area (Å²) in [4.78, 5) is 30.1. The third-order valence-electron chi connectivity index (χ3n) is 3.74. The van der Waals surface area contributed by atoms with Crippen molar-refractivity contribution >= 4 is 40.7 Å². The van der Waals surface area contributed by atoms with Crippen LogP contribution in [0.15, 0.2) is 52.5 Å². The molecule has 0 unspecified atom stereocenters. The molecule has 0 saturated carbocycles. The van der Waals surface area contributed by atoms with Crippen molar-refractivity contribution in [2.45, 2.75) is 5.03 Å². The molecular formula is C18H12ClFLiN3O3S. The fraction of sp³-hybridized carbons (Fsp3) is 0.0556. The van der Waals surface area contributed by atoms with Crippen LogP contribution in [0.1, 0.15) is 10.4 Å². The summed E-state index contributed by atoms with van der Waals surface area (Å²) in [5, 5.41) is 14.9. The van der Waals surface area contributed by atoms with Gasteiger partial charge in [-0.1, -0.05) is 11.6 Å². The Morgan fingerprint density at radius 1 is 1.25 bits per heavy atom. The number of halogens is 2. The molecule has 0 spiro atoms. The Bertz CT molecular complexity index is 1090. The normalized spacial score (nSPS) is 10.2. The molecule has 138 valence electrons. The first kappa shape index (κ1) is 22.1. The number of aromatic nitrogens is 2. The van der Waals surface area contributed by atoms with Gasteiger partial charge in [-0.05, 0) is 36.6 Å². The standard InChI is InChI=1S/C18H13ClFN3O3S.Li/c1-27-17-15(22-14-4-5-21-8-12(14)18(25)26)7-11(16(24)23-17)10-6-9(19)2-3-13(10)20;/h2-8H,1H3,(H,21,22)(H,23,24)(H,25,26);/q;+1/p-1. The van der Waals surface area contributed by atoms with Gasteiger partial charge in [-0.25, -0.2) is 4.39 Å². The van der Waals surface area contributed by atoms with E-state index in [0.717, 1.165) is 6.20 Å². The van der Waals surface area contributed by atoms with Crippen molar-refractivity contribution in [2.75, 3.05) is 11.6 Å². The second-order valence-electron chi connectivity index (χ2n) is 5.42. The first-order valence-electron chi connectivity index (χ1n) is 7.60. The average molecular weight is 412 g/mol. The van der Waals surface area contributed by atoms with Gasteiger partial charge in [0.25, 0.3) is 5.56 Å². The van der Waals surface area contributed by atoms with Crippen LogP contribution in [0.3, 0.4) is 0 Å². The predicted molar refractivity (Wildman–Crippen MR) is 101 cm³/mol. The number of H-pyrrole nitrogens is 1. The summed E-state index contributed by atoms with van der Waals surface area (Å²) in [7, 11) is 0. The van der Waals surface area contributed by atoms with E-state index in [1.807, 2.05) is 0 Å². The van der Waals surface area contributed by atoms with E-state index in [-0.39, 0.29) is 46.3 Å². The van der Waals surface area contributed by atoms with Crippen LogP contribution < -0.4 is 34.8 Å². The van der Waals surface area contributed by atoms with Crippen molar-refractivity contribution in [1.29, 1.82) is 0 Å². The summed E-state index contributed by atoms with van der Waals surface area (Å²) in [6.07, 6.45) is 4.30. The van der Waals surface area contributed by atoms with Crippen LogP contribution in [0.2, 0.25) is 5.02 Å². The van der Waals surface area contributed by atoms with E-state index in [9.17, 15) is 19.1 Å². The van der Waals surface area contributed by atoms with Crippen LogP contribution in [0.5, 0.6) is 0 Å². The summed E-state index contributed by atoms with van der Waals surface area (Å²) in [6, 6.07) is 6.80. The number of thioether (sulfide) groups is 1. The van der Waals surface area contributed by atoms with Gasteiger partial charge < -0.3 is 20.2 Å². The number of anilines is 2. The molecule has 1 aromatic carbocycles. The molecule has 0 fully saturated rings. The summed E-state index contributed by atoms with van der Waals surface area (Å²) in [5.41, 5.74) is 0.0656. The Morgan fingerprint density at radius 3 is 2.68 bits per heavy atom. The van der Waals surface area contributed by atoms with E-state index < -0.39 is 17.3 Å². The van der Waals surface area contributed by atoms with E-state index in [4.69, 9.17) is 11.6 Å². The molecule has 0 aliphatic heterocycles. The fourth-order valence-electron chi connectivity index (χ4n) is 2.48. The topological polar surface area (TPSA) is 97.9 Å². The smallest absolute Gasteiger partial charge is 0.545 e. The second kappa shape index (κ2) is 9.30. The Morgan fingerprint density at radius 2 is 2.00 bits per heavy atom. The molecule has 28 heavy (non-hydrogen) atoms. The third-order valence-corrected chi connectivity index (χ3v) is 4.70. The number of benzene rings is 1. The number of hydrogen-bond donors (Lipinski definition) is 2. The van der Waals surface area contributed by atoms with Gasteiger partial charge in [-0.2, -0.15) is 0 Å². The number of nitrogens with one attached hydrogen (secondary N) is 2. The van der Waals surface area contributed by atoms with Crippen molar-refractivity contribution in [1.82, 2.24) is 9.97 Å². The van der Waals surface area contributed by atoms with E-state index >= 15 is 0 Å². The maximum absolute atomic E-state index is 14.2. The van der Waals surface area contributed by atoms with E-state index in [1.54, 1.807) is 6.26 Å². The van der Waals surface area contributed by atoms with Gasteiger partial charge >= 0.3 is 18.9 Å². The van der Waals surface area contributed by atoms with E-state index in [2.05, 4.69) is 15.3 Å². The number of aromatic carboxylic acids is 1. The monoisotopic (exact) mass is 411 g/mol. The zero-order valence-corrected chi connectivity index (χ0v) is 16.5. The molecule has 10 heteroatoms. The zero-order chi connectivity index (χ0) is 19.6. The van der Waals surface area contributed by atoms with Crippen molar-refractivity contribution in [3.63, 3.8) is 0 Å². The van der Waals surface area contributed by atoms with Crippen LogP contribution in [0.25, 0.3) is 11.1 Å². The number of carboxylic acids is 1. The van der Waals surface area contributed by atoms with Gasteiger partial charge in [-0.15, -0.1) is 11.8 Å². The number of carboxylic acid groups (broad SMARTS) is 1. The molecule has 0 aliphatic carbocycles. The Kier molecular flexibility index (Phi) is 7.33. The molecule has 2 aromatic heterocycles. The van der Waals surface area contributed by atoms with Crippen LogP contribution in [-0.2, 0) is 0 Å². The molecule has 3 aromatic rings. The largest absolute Gasteiger partial charge is 1.00 e. The van der Waals surface area contributed by atoms with Gasteiger partial charge in [0.2, 0.25) is 0 Å². The Labute approximate surface area is 180 Å². The number of hydrogen-bond acceptors (Lipinski definition) is 6. The predicted octanol–water partition coefficient (Wildman–Crippen LogP) is 0.0624. The van der Waals surface area contributed by atoms with E-state index in [0.29, 0.717) is 10.7 Å². The van der Waals surface area contributed by atoms with Gasteiger partial charge in [0.1, 0.15) is 5.82 Å². The van der Waals surface area contributed by atoms with Gasteiger partial charge in [0.15, 0.2) is 0 Å². The molecule has 0 aliphatic rings. The summed E-state index contributed by atoms with van der Waals surface area (Å²) >= 11 is 7.16. The molecule has 0 bridgehead atoms. The van der Waals surface area contributed by atoms with Crippen LogP contribution in [0.4, 0.5) is 15.8 Å². The number of aromatic amines is 1. The number of pyridine rings is 2. The molecule has 0 amide bonds. The van der Waals surface area contributed by atoms with Crippen LogP contribution >= 0.6 is 23.4 Å². The maximum atomic E-state index is 14.2. The molecule has 6 nitrogen and oxygen atoms in total. The summed E-state index contributed by atoms with van der Waals surface area (Å²) < 4.78 is 14.2.